The molecule has 1 aromatic rings. The Morgan fingerprint density at radius 2 is 1.86 bits per heavy atom. The van der Waals surface area contributed by atoms with Crippen molar-refractivity contribution in [3.05, 3.63) is 28.2 Å². The van der Waals surface area contributed by atoms with E-state index in [2.05, 4.69) is 24.1 Å². The van der Waals surface area contributed by atoms with Crippen LogP contribution in [0.4, 0.5) is 0 Å². The average Bonchev–Trinajstić information content (AvgIpc) is 3.17. The summed E-state index contributed by atoms with van der Waals surface area (Å²) in [6.45, 7) is 7.79. The molecule has 0 saturated carbocycles. The lowest BCUT2D eigenvalue weighted by atomic mass is 9.97. The van der Waals surface area contributed by atoms with E-state index in [0.29, 0.717) is 49.5 Å². The second kappa shape index (κ2) is 9.52. The van der Waals surface area contributed by atoms with E-state index in [9.17, 15) is 13.2 Å². The molecule has 1 atom stereocenters. The van der Waals surface area contributed by atoms with Crippen molar-refractivity contribution in [2.45, 2.75) is 44.0 Å². The molecular formula is C20H29Cl2N3O3S. The summed E-state index contributed by atoms with van der Waals surface area (Å²) in [5.41, 5.74) is 0. The van der Waals surface area contributed by atoms with Crippen LogP contribution in [0.2, 0.25) is 10.0 Å². The van der Waals surface area contributed by atoms with Gasteiger partial charge in [0.05, 0.1) is 5.02 Å². The second-order valence-corrected chi connectivity index (χ2v) is 11.0. The van der Waals surface area contributed by atoms with Crippen molar-refractivity contribution < 1.29 is 13.2 Å². The maximum Gasteiger partial charge on any atom is 0.244 e. The number of piperidine rings is 1. The number of hydrogen-bond acceptors (Lipinski definition) is 4. The molecule has 0 aromatic heterocycles. The molecule has 0 aliphatic carbocycles. The molecule has 0 radical (unpaired) electrons. The van der Waals surface area contributed by atoms with E-state index in [1.807, 2.05) is 0 Å². The summed E-state index contributed by atoms with van der Waals surface area (Å²) in [4.78, 5) is 15.0. The number of rotatable bonds is 6. The van der Waals surface area contributed by atoms with Crippen LogP contribution in [0.25, 0.3) is 0 Å². The Labute approximate surface area is 183 Å². The molecule has 2 aliphatic heterocycles. The highest BCUT2D eigenvalue weighted by atomic mass is 35.5. The number of hydrogen-bond donors (Lipinski definition) is 1. The standard InChI is InChI=1S/C20H29Cl2N3O3S/c1-14(2)24-8-5-15(13-24)12-23-20(26)16-6-9-25(10-7-16)29(27,28)19-11-17(21)3-4-18(19)22/h3-4,11,14-16H,5-10,12-13H2,1-2H3,(H,23,26). The number of halogens is 2. The molecule has 2 heterocycles. The number of sulfonamides is 1. The topological polar surface area (TPSA) is 69.7 Å². The molecule has 0 spiro atoms. The van der Waals surface area contributed by atoms with Gasteiger partial charge in [0.2, 0.25) is 15.9 Å². The Morgan fingerprint density at radius 3 is 2.48 bits per heavy atom. The van der Waals surface area contributed by atoms with Gasteiger partial charge >= 0.3 is 0 Å². The minimum absolute atomic E-state index is 0.0190. The van der Waals surface area contributed by atoms with E-state index < -0.39 is 10.0 Å². The second-order valence-electron chi connectivity index (χ2n) is 8.24. The summed E-state index contributed by atoms with van der Waals surface area (Å²) >= 11 is 12.0. The number of nitrogens with one attached hydrogen (secondary N) is 1. The van der Waals surface area contributed by atoms with E-state index >= 15 is 0 Å². The van der Waals surface area contributed by atoms with E-state index in [1.165, 1.54) is 16.4 Å². The first-order valence-electron chi connectivity index (χ1n) is 10.2. The third-order valence-electron chi connectivity index (χ3n) is 5.95. The van der Waals surface area contributed by atoms with Crippen LogP contribution in [0, 0.1) is 11.8 Å². The summed E-state index contributed by atoms with van der Waals surface area (Å²) in [6, 6.07) is 4.96. The minimum Gasteiger partial charge on any atom is -0.356 e. The monoisotopic (exact) mass is 461 g/mol. The van der Waals surface area contributed by atoms with Crippen LogP contribution < -0.4 is 5.32 Å². The fourth-order valence-electron chi connectivity index (χ4n) is 4.06. The number of carbonyl (C=O) groups is 1. The quantitative estimate of drug-likeness (QED) is 0.705. The van der Waals surface area contributed by atoms with Crippen LogP contribution in [0.15, 0.2) is 23.1 Å². The highest BCUT2D eigenvalue weighted by molar-refractivity contribution is 7.89. The summed E-state index contributed by atoms with van der Waals surface area (Å²) in [5, 5.41) is 3.56. The molecule has 0 bridgehead atoms. The van der Waals surface area contributed by atoms with Crippen molar-refractivity contribution in [2.75, 3.05) is 32.7 Å². The Kier molecular flexibility index (Phi) is 7.49. The van der Waals surface area contributed by atoms with Crippen molar-refractivity contribution in [2.24, 2.45) is 11.8 Å². The highest BCUT2D eigenvalue weighted by Crippen LogP contribution is 2.30. The fraction of sp³-hybridized carbons (Fsp3) is 0.650. The first kappa shape index (κ1) is 22.8. The molecule has 1 N–H and O–H groups in total. The lowest BCUT2D eigenvalue weighted by Gasteiger charge is -2.31. The lowest BCUT2D eigenvalue weighted by molar-refractivity contribution is -0.126. The normalized spacial score (nSPS) is 22.3. The van der Waals surface area contributed by atoms with Crippen molar-refractivity contribution >= 4 is 39.1 Å². The smallest absolute Gasteiger partial charge is 0.244 e. The minimum atomic E-state index is -3.72. The van der Waals surface area contributed by atoms with Gasteiger partial charge in [-0.05, 0) is 63.8 Å². The van der Waals surface area contributed by atoms with Gasteiger partial charge in [0, 0.05) is 43.2 Å². The first-order chi connectivity index (χ1) is 13.7. The SMILES string of the molecule is CC(C)N1CCC(CNC(=O)C2CCN(S(=O)(=O)c3cc(Cl)ccc3Cl)CC2)C1. The van der Waals surface area contributed by atoms with E-state index in [0.717, 1.165) is 19.5 Å². The van der Waals surface area contributed by atoms with Gasteiger partial charge in [-0.3, -0.25) is 4.79 Å². The van der Waals surface area contributed by atoms with E-state index in [1.54, 1.807) is 6.07 Å². The zero-order valence-electron chi connectivity index (χ0n) is 16.9. The predicted molar refractivity (Wildman–Crippen MR) is 116 cm³/mol. The number of likely N-dealkylation sites (tertiary alicyclic amines) is 1. The van der Waals surface area contributed by atoms with Crippen LogP contribution in [0.1, 0.15) is 33.1 Å². The highest BCUT2D eigenvalue weighted by Gasteiger charge is 2.33. The largest absolute Gasteiger partial charge is 0.356 e. The molecule has 2 saturated heterocycles. The van der Waals surface area contributed by atoms with Gasteiger partial charge in [0.1, 0.15) is 4.90 Å². The maximum atomic E-state index is 12.9. The van der Waals surface area contributed by atoms with Gasteiger partial charge in [0.15, 0.2) is 0 Å². The van der Waals surface area contributed by atoms with E-state index in [-0.39, 0.29) is 21.7 Å². The molecule has 2 aliphatic rings. The summed E-state index contributed by atoms with van der Waals surface area (Å²) in [7, 11) is -3.72. The predicted octanol–water partition coefficient (Wildman–Crippen LogP) is 3.24. The Balaban J connectivity index is 1.51. The molecule has 3 rings (SSSR count). The maximum absolute atomic E-state index is 12.9. The summed E-state index contributed by atoms with van der Waals surface area (Å²) in [5.74, 6) is 0.372. The van der Waals surface area contributed by atoms with Gasteiger partial charge in [-0.2, -0.15) is 4.31 Å². The summed E-state index contributed by atoms with van der Waals surface area (Å²) in [6.07, 6.45) is 2.12. The molecule has 1 amide bonds. The summed E-state index contributed by atoms with van der Waals surface area (Å²) < 4.78 is 27.2. The van der Waals surface area contributed by atoms with Gasteiger partial charge in [0.25, 0.3) is 0 Å². The lowest BCUT2D eigenvalue weighted by Crippen LogP contribution is -2.44. The molecule has 162 valence electrons. The van der Waals surface area contributed by atoms with Crippen LogP contribution in [-0.4, -0.2) is 62.3 Å². The average molecular weight is 462 g/mol. The zero-order chi connectivity index (χ0) is 21.2. The number of carbonyl (C=O) groups excluding carboxylic acids is 1. The molecule has 9 heteroatoms. The van der Waals surface area contributed by atoms with Crippen molar-refractivity contribution in [3.63, 3.8) is 0 Å². The van der Waals surface area contributed by atoms with Crippen molar-refractivity contribution in [1.82, 2.24) is 14.5 Å². The van der Waals surface area contributed by atoms with Crippen molar-refractivity contribution in [3.8, 4) is 0 Å². The molecule has 2 fully saturated rings. The van der Waals surface area contributed by atoms with Crippen molar-refractivity contribution in [1.29, 1.82) is 0 Å². The van der Waals surface area contributed by atoms with Gasteiger partial charge < -0.3 is 10.2 Å². The Bertz CT molecular complexity index is 839. The Morgan fingerprint density at radius 1 is 1.17 bits per heavy atom. The number of benzene rings is 1. The van der Waals surface area contributed by atoms with Gasteiger partial charge in [-0.1, -0.05) is 23.2 Å². The molecular weight excluding hydrogens is 433 g/mol. The first-order valence-corrected chi connectivity index (χ1v) is 12.3. The van der Waals surface area contributed by atoms with Crippen LogP contribution in [-0.2, 0) is 14.8 Å². The van der Waals surface area contributed by atoms with Crippen LogP contribution in [0.3, 0.4) is 0 Å². The third kappa shape index (κ3) is 5.44. The Hall–Kier alpha value is -0.860. The third-order valence-corrected chi connectivity index (χ3v) is 8.56. The zero-order valence-corrected chi connectivity index (χ0v) is 19.2. The molecule has 29 heavy (non-hydrogen) atoms. The van der Waals surface area contributed by atoms with E-state index in [4.69, 9.17) is 23.2 Å². The fourth-order valence-corrected chi connectivity index (χ4v) is 6.27. The molecule has 1 unspecified atom stereocenters. The van der Waals surface area contributed by atoms with Crippen LogP contribution >= 0.6 is 23.2 Å². The van der Waals surface area contributed by atoms with Gasteiger partial charge in [-0.25, -0.2) is 8.42 Å². The molecule has 6 nitrogen and oxygen atoms in total. The number of amides is 1. The molecule has 1 aromatic carbocycles. The van der Waals surface area contributed by atoms with Gasteiger partial charge in [-0.15, -0.1) is 0 Å². The number of nitrogens with zero attached hydrogens (tertiary/aromatic N) is 2. The van der Waals surface area contributed by atoms with Crippen LogP contribution in [0.5, 0.6) is 0 Å².